The summed E-state index contributed by atoms with van der Waals surface area (Å²) in [5.41, 5.74) is 0. The van der Waals surface area contributed by atoms with Gasteiger partial charge < -0.3 is 5.11 Å². The van der Waals surface area contributed by atoms with E-state index in [4.69, 9.17) is 0 Å². The molecular weight excluding hydrogens is 162 g/mol. The van der Waals surface area contributed by atoms with E-state index in [0.29, 0.717) is 6.04 Å². The average Bonchev–Trinajstić information content (AvgIpc) is 2.44. The molecule has 0 radical (unpaired) electrons. The van der Waals surface area contributed by atoms with Gasteiger partial charge in [-0.05, 0) is 25.8 Å². The summed E-state index contributed by atoms with van der Waals surface area (Å²) in [6.45, 7) is 6.53. The molecule has 0 aromatic rings. The van der Waals surface area contributed by atoms with Gasteiger partial charge in [0.15, 0.2) is 0 Å². The van der Waals surface area contributed by atoms with Gasteiger partial charge in [-0.1, -0.05) is 26.7 Å². The maximum Gasteiger partial charge on any atom is 0.0682 e. The molecule has 0 amide bonds. The molecule has 0 aromatic heterocycles. The van der Waals surface area contributed by atoms with Gasteiger partial charge >= 0.3 is 0 Å². The Morgan fingerprint density at radius 1 is 1.31 bits per heavy atom. The van der Waals surface area contributed by atoms with E-state index in [1.54, 1.807) is 0 Å². The van der Waals surface area contributed by atoms with Gasteiger partial charge in [-0.2, -0.15) is 0 Å². The molecule has 2 atom stereocenters. The van der Waals surface area contributed by atoms with E-state index in [0.717, 1.165) is 13.0 Å². The molecule has 2 nitrogen and oxygen atoms in total. The fourth-order valence-corrected chi connectivity index (χ4v) is 2.23. The van der Waals surface area contributed by atoms with E-state index in [1.165, 1.54) is 32.2 Å². The van der Waals surface area contributed by atoms with Gasteiger partial charge in [0.05, 0.1) is 6.10 Å². The first kappa shape index (κ1) is 11.0. The van der Waals surface area contributed by atoms with Crippen LogP contribution >= 0.6 is 0 Å². The highest BCUT2D eigenvalue weighted by Crippen LogP contribution is 2.21. The molecule has 1 rings (SSSR count). The molecule has 0 bridgehead atoms. The molecule has 1 fully saturated rings. The minimum absolute atomic E-state index is 0.0617. The van der Waals surface area contributed by atoms with Crippen LogP contribution in [-0.4, -0.2) is 35.2 Å². The van der Waals surface area contributed by atoms with Gasteiger partial charge in [-0.15, -0.1) is 0 Å². The number of likely N-dealkylation sites (tertiary alicyclic amines) is 1. The summed E-state index contributed by atoms with van der Waals surface area (Å²) in [5, 5.41) is 9.55. The summed E-state index contributed by atoms with van der Waals surface area (Å²) in [7, 11) is 0. The molecule has 1 N–H and O–H groups in total. The van der Waals surface area contributed by atoms with Crippen LogP contribution in [0.2, 0.25) is 0 Å². The third kappa shape index (κ3) is 3.28. The topological polar surface area (TPSA) is 23.5 Å². The van der Waals surface area contributed by atoms with Crippen molar-refractivity contribution in [2.45, 2.75) is 58.1 Å². The largest absolute Gasteiger partial charge is 0.392 e. The Kier molecular flexibility index (Phi) is 4.74. The van der Waals surface area contributed by atoms with Crippen LogP contribution in [0.5, 0.6) is 0 Å². The summed E-state index contributed by atoms with van der Waals surface area (Å²) >= 11 is 0. The molecule has 78 valence electrons. The quantitative estimate of drug-likeness (QED) is 0.708. The van der Waals surface area contributed by atoms with Crippen LogP contribution < -0.4 is 0 Å². The molecule has 0 aromatic carbocycles. The number of aliphatic hydroxyl groups excluding tert-OH is 1. The first-order valence-electron chi connectivity index (χ1n) is 5.70. The van der Waals surface area contributed by atoms with Crippen LogP contribution in [0.1, 0.15) is 46.0 Å². The van der Waals surface area contributed by atoms with Gasteiger partial charge in [-0.25, -0.2) is 0 Å². The second kappa shape index (κ2) is 5.61. The second-order valence-electron chi connectivity index (χ2n) is 4.18. The van der Waals surface area contributed by atoms with Crippen molar-refractivity contribution in [3.05, 3.63) is 0 Å². The Morgan fingerprint density at radius 2 is 2.08 bits per heavy atom. The Morgan fingerprint density at radius 3 is 2.69 bits per heavy atom. The summed E-state index contributed by atoms with van der Waals surface area (Å²) in [4.78, 5) is 2.47. The lowest BCUT2D eigenvalue weighted by atomic mass is 10.1. The summed E-state index contributed by atoms with van der Waals surface area (Å²) in [5.74, 6) is 0. The minimum Gasteiger partial charge on any atom is -0.392 e. The zero-order valence-corrected chi connectivity index (χ0v) is 9.00. The Bertz CT molecular complexity index is 138. The molecule has 1 saturated heterocycles. The first-order valence-corrected chi connectivity index (χ1v) is 5.70. The van der Waals surface area contributed by atoms with Gasteiger partial charge in [0.1, 0.15) is 0 Å². The van der Waals surface area contributed by atoms with Crippen molar-refractivity contribution < 1.29 is 5.11 Å². The molecule has 2 heteroatoms. The zero-order valence-electron chi connectivity index (χ0n) is 9.00. The molecule has 0 saturated carbocycles. The van der Waals surface area contributed by atoms with Crippen LogP contribution in [0.15, 0.2) is 0 Å². The minimum atomic E-state index is -0.0617. The van der Waals surface area contributed by atoms with Crippen molar-refractivity contribution in [1.29, 1.82) is 0 Å². The van der Waals surface area contributed by atoms with Crippen molar-refractivity contribution >= 4 is 0 Å². The van der Waals surface area contributed by atoms with Gasteiger partial charge in [-0.3, -0.25) is 4.90 Å². The lowest BCUT2D eigenvalue weighted by Gasteiger charge is -2.23. The maximum atomic E-state index is 9.55. The van der Waals surface area contributed by atoms with Crippen LogP contribution in [0.3, 0.4) is 0 Å². The molecule has 0 spiro atoms. The van der Waals surface area contributed by atoms with E-state index in [1.807, 2.05) is 0 Å². The fourth-order valence-electron chi connectivity index (χ4n) is 2.23. The SMILES string of the molecule is CCCCN1C[C@@H](O)C[C@@H]1CCC. The lowest BCUT2D eigenvalue weighted by molar-refractivity contribution is 0.174. The summed E-state index contributed by atoms with van der Waals surface area (Å²) < 4.78 is 0. The predicted molar refractivity (Wildman–Crippen MR) is 55.8 cm³/mol. The molecule has 13 heavy (non-hydrogen) atoms. The van der Waals surface area contributed by atoms with Crippen LogP contribution in [0.4, 0.5) is 0 Å². The Balaban J connectivity index is 2.31. The van der Waals surface area contributed by atoms with E-state index < -0.39 is 0 Å². The van der Waals surface area contributed by atoms with Crippen LogP contribution in [0, 0.1) is 0 Å². The van der Waals surface area contributed by atoms with Crippen molar-refractivity contribution in [2.24, 2.45) is 0 Å². The van der Waals surface area contributed by atoms with E-state index >= 15 is 0 Å². The number of unbranched alkanes of at least 4 members (excludes halogenated alkanes) is 1. The van der Waals surface area contributed by atoms with Gasteiger partial charge in [0.2, 0.25) is 0 Å². The second-order valence-corrected chi connectivity index (χ2v) is 4.18. The maximum absolute atomic E-state index is 9.55. The Hall–Kier alpha value is -0.0800. The fraction of sp³-hybridized carbons (Fsp3) is 1.00. The standard InChI is InChI=1S/C11H23NO/c1-3-5-7-12-9-11(13)8-10(12)6-4-2/h10-11,13H,3-9H2,1-2H3/t10-,11-/m0/s1. The molecule has 1 aliphatic rings. The van der Waals surface area contributed by atoms with E-state index in [2.05, 4.69) is 18.7 Å². The first-order chi connectivity index (χ1) is 6.27. The normalized spacial score (nSPS) is 29.8. The Labute approximate surface area is 81.9 Å². The monoisotopic (exact) mass is 185 g/mol. The van der Waals surface area contributed by atoms with Crippen LogP contribution in [0.25, 0.3) is 0 Å². The number of nitrogens with zero attached hydrogens (tertiary/aromatic N) is 1. The lowest BCUT2D eigenvalue weighted by Crippen LogP contribution is -2.30. The smallest absolute Gasteiger partial charge is 0.0682 e. The molecule has 1 aliphatic heterocycles. The predicted octanol–water partition coefficient (Wildman–Crippen LogP) is 2.02. The van der Waals surface area contributed by atoms with Crippen molar-refractivity contribution in [1.82, 2.24) is 4.90 Å². The zero-order chi connectivity index (χ0) is 9.68. The van der Waals surface area contributed by atoms with Gasteiger partial charge in [0, 0.05) is 12.6 Å². The highest BCUT2D eigenvalue weighted by molar-refractivity contribution is 4.84. The highest BCUT2D eigenvalue weighted by atomic mass is 16.3. The van der Waals surface area contributed by atoms with E-state index in [-0.39, 0.29) is 6.10 Å². The van der Waals surface area contributed by atoms with E-state index in [9.17, 15) is 5.11 Å². The van der Waals surface area contributed by atoms with Crippen LogP contribution in [-0.2, 0) is 0 Å². The van der Waals surface area contributed by atoms with Gasteiger partial charge in [0.25, 0.3) is 0 Å². The van der Waals surface area contributed by atoms with Crippen molar-refractivity contribution in [3.63, 3.8) is 0 Å². The molecule has 1 heterocycles. The van der Waals surface area contributed by atoms with Crippen molar-refractivity contribution in [3.8, 4) is 0 Å². The third-order valence-electron chi connectivity index (χ3n) is 2.93. The molecule has 0 unspecified atom stereocenters. The number of aliphatic hydroxyl groups is 1. The number of rotatable bonds is 5. The third-order valence-corrected chi connectivity index (χ3v) is 2.93. The number of hydrogen-bond donors (Lipinski definition) is 1. The summed E-state index contributed by atoms with van der Waals surface area (Å²) in [6.07, 6.45) is 5.95. The summed E-state index contributed by atoms with van der Waals surface area (Å²) in [6, 6.07) is 0.659. The molecular formula is C11H23NO. The average molecular weight is 185 g/mol. The number of hydrogen-bond acceptors (Lipinski definition) is 2. The number of β-amino-alcohol motifs (C(OH)–C–C–N with tert-alkyl or cyclic N) is 1. The molecule has 0 aliphatic carbocycles. The highest BCUT2D eigenvalue weighted by Gasteiger charge is 2.29. The van der Waals surface area contributed by atoms with Crippen molar-refractivity contribution in [2.75, 3.05) is 13.1 Å².